The standard InChI is InChI=1S/C27H32ClFN6O/c1-5-18-6-8-23(29)27(34-11-17(4)19(13-34)12-33-14-21(36)15-33)31-26(18)30-20-7-9-24-22(10-20)25(28)32-35(24)16(2)3/h7-11,13,16,21,30,36H,5-6,12,14-15H2,1-4H3. The SMILES string of the molecule is CCC1=C(Nc2ccc3c(c2)c(Cl)nn3C(C)C)N=C(n2cc(C)c(CN3CC(O)C3)c2)C(F)=CC1. The zero-order valence-electron chi connectivity index (χ0n) is 21.1. The van der Waals surface area contributed by atoms with Gasteiger partial charge in [0.05, 0.1) is 11.6 Å². The molecule has 190 valence electrons. The normalized spacial score (nSPS) is 17.4. The second-order valence-corrected chi connectivity index (χ2v) is 10.3. The fraction of sp³-hybridized carbons (Fsp3) is 0.407. The topological polar surface area (TPSA) is 70.6 Å². The lowest BCUT2D eigenvalue weighted by molar-refractivity contribution is -0.00294. The van der Waals surface area contributed by atoms with Gasteiger partial charge in [-0.3, -0.25) is 9.58 Å². The first-order valence-corrected chi connectivity index (χ1v) is 12.8. The van der Waals surface area contributed by atoms with E-state index in [1.54, 1.807) is 10.6 Å². The molecule has 7 nitrogen and oxygen atoms in total. The Kier molecular flexibility index (Phi) is 6.76. The van der Waals surface area contributed by atoms with Crippen LogP contribution in [0.4, 0.5) is 10.1 Å². The summed E-state index contributed by atoms with van der Waals surface area (Å²) in [5, 5.41) is 18.8. The molecule has 1 aromatic carbocycles. The maximum absolute atomic E-state index is 15.3. The fourth-order valence-corrected chi connectivity index (χ4v) is 4.99. The van der Waals surface area contributed by atoms with E-state index >= 15 is 4.39 Å². The summed E-state index contributed by atoms with van der Waals surface area (Å²) in [6, 6.07) is 6.13. The predicted molar refractivity (Wildman–Crippen MR) is 143 cm³/mol. The van der Waals surface area contributed by atoms with Crippen LogP contribution in [0.25, 0.3) is 10.9 Å². The highest BCUT2D eigenvalue weighted by Gasteiger charge is 2.25. The van der Waals surface area contributed by atoms with Crippen LogP contribution in [0.1, 0.15) is 50.8 Å². The van der Waals surface area contributed by atoms with Gasteiger partial charge >= 0.3 is 0 Å². The average Bonchev–Trinajstić information content (AvgIpc) is 3.30. The minimum Gasteiger partial charge on any atom is -0.390 e. The number of aliphatic hydroxyl groups is 1. The molecule has 0 aliphatic carbocycles. The molecule has 0 bridgehead atoms. The Balaban J connectivity index is 1.47. The molecule has 2 N–H and O–H groups in total. The second-order valence-electron chi connectivity index (χ2n) is 9.90. The maximum Gasteiger partial charge on any atom is 0.174 e. The van der Waals surface area contributed by atoms with Crippen molar-refractivity contribution < 1.29 is 9.50 Å². The molecule has 5 rings (SSSR count). The van der Waals surface area contributed by atoms with E-state index < -0.39 is 0 Å². The third-order valence-corrected chi connectivity index (χ3v) is 7.12. The number of nitrogens with zero attached hydrogens (tertiary/aromatic N) is 5. The van der Waals surface area contributed by atoms with Crippen molar-refractivity contribution in [2.45, 2.75) is 59.2 Å². The minimum absolute atomic E-state index is 0.192. The second kappa shape index (κ2) is 9.84. The zero-order chi connectivity index (χ0) is 25.6. The lowest BCUT2D eigenvalue weighted by Gasteiger charge is -2.35. The van der Waals surface area contributed by atoms with Gasteiger partial charge in [-0.15, -0.1) is 0 Å². The first-order valence-electron chi connectivity index (χ1n) is 12.4. The zero-order valence-corrected chi connectivity index (χ0v) is 21.8. The van der Waals surface area contributed by atoms with Crippen molar-refractivity contribution >= 4 is 34.0 Å². The Morgan fingerprint density at radius 2 is 2.03 bits per heavy atom. The van der Waals surface area contributed by atoms with Crippen molar-refractivity contribution in [2.24, 2.45) is 4.99 Å². The van der Waals surface area contributed by atoms with E-state index in [4.69, 9.17) is 16.6 Å². The summed E-state index contributed by atoms with van der Waals surface area (Å²) in [7, 11) is 0. The van der Waals surface area contributed by atoms with Crippen LogP contribution >= 0.6 is 11.6 Å². The number of aromatic nitrogens is 3. The summed E-state index contributed by atoms with van der Waals surface area (Å²) in [5.74, 6) is 0.544. The summed E-state index contributed by atoms with van der Waals surface area (Å²) in [6.45, 7) is 10.3. The van der Waals surface area contributed by atoms with Crippen molar-refractivity contribution in [3.05, 3.63) is 70.2 Å². The van der Waals surface area contributed by atoms with Crippen molar-refractivity contribution in [1.29, 1.82) is 0 Å². The molecule has 0 amide bonds. The Labute approximate surface area is 215 Å². The Morgan fingerprint density at radius 3 is 2.72 bits per heavy atom. The number of fused-ring (bicyclic) bond motifs is 1. The molecule has 0 spiro atoms. The summed E-state index contributed by atoms with van der Waals surface area (Å²) >= 11 is 6.44. The van der Waals surface area contributed by atoms with E-state index in [0.717, 1.165) is 46.3 Å². The van der Waals surface area contributed by atoms with Crippen LogP contribution < -0.4 is 5.32 Å². The molecule has 3 aromatic rings. The van der Waals surface area contributed by atoms with E-state index in [1.807, 2.05) is 42.2 Å². The summed E-state index contributed by atoms with van der Waals surface area (Å²) in [6.07, 6.45) is 6.42. The first-order chi connectivity index (χ1) is 17.2. The van der Waals surface area contributed by atoms with Gasteiger partial charge in [0, 0.05) is 49.1 Å². The fourth-order valence-electron chi connectivity index (χ4n) is 4.76. The largest absolute Gasteiger partial charge is 0.390 e. The number of benzene rings is 1. The Hall–Kier alpha value is -2.94. The predicted octanol–water partition coefficient (Wildman–Crippen LogP) is 5.79. The van der Waals surface area contributed by atoms with Gasteiger partial charge in [0.15, 0.2) is 16.8 Å². The van der Waals surface area contributed by atoms with Crippen LogP contribution in [0, 0.1) is 6.92 Å². The van der Waals surface area contributed by atoms with Gasteiger partial charge in [0.1, 0.15) is 5.82 Å². The number of aryl methyl sites for hydroxylation is 1. The van der Waals surface area contributed by atoms with Crippen molar-refractivity contribution in [1.82, 2.24) is 19.2 Å². The lowest BCUT2D eigenvalue weighted by Crippen LogP contribution is -2.49. The highest BCUT2D eigenvalue weighted by Crippen LogP contribution is 2.30. The Morgan fingerprint density at radius 1 is 1.25 bits per heavy atom. The highest BCUT2D eigenvalue weighted by atomic mass is 35.5. The highest BCUT2D eigenvalue weighted by molar-refractivity contribution is 6.34. The van der Waals surface area contributed by atoms with Crippen molar-refractivity contribution in [3.63, 3.8) is 0 Å². The molecule has 9 heteroatoms. The van der Waals surface area contributed by atoms with Crippen LogP contribution in [0.15, 0.2) is 58.9 Å². The van der Waals surface area contributed by atoms with E-state index in [9.17, 15) is 5.11 Å². The van der Waals surface area contributed by atoms with Gasteiger partial charge in [-0.05, 0) is 74.6 Å². The van der Waals surface area contributed by atoms with Gasteiger partial charge in [-0.2, -0.15) is 5.10 Å². The number of likely N-dealkylation sites (tertiary alicyclic amines) is 1. The number of hydrogen-bond acceptors (Lipinski definition) is 5. The van der Waals surface area contributed by atoms with Gasteiger partial charge in [0.25, 0.3) is 0 Å². The molecule has 36 heavy (non-hydrogen) atoms. The smallest absolute Gasteiger partial charge is 0.174 e. The molecule has 2 aliphatic rings. The molecule has 4 heterocycles. The van der Waals surface area contributed by atoms with E-state index in [1.165, 1.54) is 0 Å². The third-order valence-electron chi connectivity index (χ3n) is 6.84. The summed E-state index contributed by atoms with van der Waals surface area (Å²) in [5.41, 5.74) is 4.96. The molecule has 0 radical (unpaired) electrons. The maximum atomic E-state index is 15.3. The van der Waals surface area contributed by atoms with Gasteiger partial charge in [0.2, 0.25) is 0 Å². The van der Waals surface area contributed by atoms with Crippen LogP contribution in [-0.4, -0.2) is 49.4 Å². The molecular weight excluding hydrogens is 479 g/mol. The van der Waals surface area contributed by atoms with E-state index in [2.05, 4.69) is 36.1 Å². The number of aliphatic hydroxyl groups excluding tert-OH is 1. The molecule has 1 saturated heterocycles. The van der Waals surface area contributed by atoms with Crippen LogP contribution in [0.5, 0.6) is 0 Å². The number of rotatable bonds is 6. The molecular formula is C27H32ClFN6O. The molecule has 1 fully saturated rings. The number of β-amino-alcohol motifs (C(OH)–C–C–N with tert-alkyl or cyclic N) is 1. The summed E-state index contributed by atoms with van der Waals surface area (Å²) < 4.78 is 18.9. The molecule has 2 aromatic heterocycles. The number of allylic oxidation sites excluding steroid dienone is 3. The van der Waals surface area contributed by atoms with Gasteiger partial charge < -0.3 is 15.0 Å². The average molecular weight is 511 g/mol. The number of halogens is 2. The molecule has 0 saturated carbocycles. The Bertz CT molecular complexity index is 1390. The molecule has 0 unspecified atom stereocenters. The quantitative estimate of drug-likeness (QED) is 0.440. The van der Waals surface area contributed by atoms with Gasteiger partial charge in [-0.25, -0.2) is 9.38 Å². The van der Waals surface area contributed by atoms with E-state index in [-0.39, 0.29) is 23.8 Å². The summed E-state index contributed by atoms with van der Waals surface area (Å²) in [4.78, 5) is 6.96. The van der Waals surface area contributed by atoms with Crippen molar-refractivity contribution in [2.75, 3.05) is 18.4 Å². The van der Waals surface area contributed by atoms with Gasteiger partial charge in [-0.1, -0.05) is 18.5 Å². The van der Waals surface area contributed by atoms with Crippen molar-refractivity contribution in [3.8, 4) is 0 Å². The van der Waals surface area contributed by atoms with Crippen LogP contribution in [0.2, 0.25) is 5.15 Å². The van der Waals surface area contributed by atoms with Crippen LogP contribution in [-0.2, 0) is 6.54 Å². The monoisotopic (exact) mass is 510 g/mol. The molecule has 0 atom stereocenters. The van der Waals surface area contributed by atoms with Crippen LogP contribution in [0.3, 0.4) is 0 Å². The number of hydrogen-bond donors (Lipinski definition) is 2. The molecule has 2 aliphatic heterocycles. The number of anilines is 1. The first kappa shape index (κ1) is 24.7. The minimum atomic E-state index is -0.352. The third kappa shape index (κ3) is 4.73. The number of nitrogens with one attached hydrogen (secondary N) is 1. The number of aliphatic imine (C=N–C) groups is 1. The lowest BCUT2D eigenvalue weighted by atomic mass is 10.1. The van der Waals surface area contributed by atoms with E-state index in [0.29, 0.717) is 30.5 Å².